The van der Waals surface area contributed by atoms with Gasteiger partial charge in [-0.15, -0.1) is 0 Å². The molecule has 82 valence electrons. The van der Waals surface area contributed by atoms with E-state index in [1.54, 1.807) is 0 Å². The fraction of sp³-hybridized carbons (Fsp3) is 0.900. The van der Waals surface area contributed by atoms with Crippen molar-refractivity contribution in [2.24, 2.45) is 0 Å². The van der Waals surface area contributed by atoms with Crippen LogP contribution in [0.3, 0.4) is 0 Å². The summed E-state index contributed by atoms with van der Waals surface area (Å²) in [6.07, 6.45) is 2.03. The summed E-state index contributed by atoms with van der Waals surface area (Å²) in [5.74, 6) is 0. The first kappa shape index (κ1) is 11.5. The maximum atomic E-state index is 10.5. The van der Waals surface area contributed by atoms with Crippen LogP contribution in [0.15, 0.2) is 0 Å². The van der Waals surface area contributed by atoms with Crippen LogP contribution < -0.4 is 0 Å². The highest BCUT2D eigenvalue weighted by Crippen LogP contribution is 2.00. The molecule has 0 bridgehead atoms. The molecular formula is C10H20N2O2. The smallest absolute Gasteiger partial charge is 0.209 e. The molecule has 1 fully saturated rings. The first-order valence-corrected chi connectivity index (χ1v) is 5.36. The highest BCUT2D eigenvalue weighted by atomic mass is 16.5. The minimum atomic E-state index is 0.804. The first-order chi connectivity index (χ1) is 6.86. The van der Waals surface area contributed by atoms with Crippen molar-refractivity contribution in [3.05, 3.63) is 0 Å². The fourth-order valence-electron chi connectivity index (χ4n) is 1.63. The summed E-state index contributed by atoms with van der Waals surface area (Å²) in [6.45, 7) is 8.52. The van der Waals surface area contributed by atoms with Crippen molar-refractivity contribution in [2.45, 2.75) is 13.3 Å². The lowest BCUT2D eigenvalue weighted by molar-refractivity contribution is -0.119. The van der Waals surface area contributed by atoms with Crippen molar-refractivity contribution in [1.29, 1.82) is 0 Å². The molecule has 14 heavy (non-hydrogen) atoms. The van der Waals surface area contributed by atoms with Crippen LogP contribution >= 0.6 is 0 Å². The summed E-state index contributed by atoms with van der Waals surface area (Å²) in [4.78, 5) is 14.7. The third-order valence-corrected chi connectivity index (χ3v) is 2.52. The van der Waals surface area contributed by atoms with Gasteiger partial charge in [0, 0.05) is 45.9 Å². The molecule has 0 aliphatic carbocycles. The average molecular weight is 200 g/mol. The first-order valence-electron chi connectivity index (χ1n) is 5.36. The molecule has 1 aliphatic heterocycles. The van der Waals surface area contributed by atoms with Gasteiger partial charge >= 0.3 is 0 Å². The Labute approximate surface area is 85.8 Å². The van der Waals surface area contributed by atoms with Gasteiger partial charge in [0.15, 0.2) is 0 Å². The number of nitrogens with zero attached hydrogens (tertiary/aromatic N) is 2. The topological polar surface area (TPSA) is 32.8 Å². The van der Waals surface area contributed by atoms with Gasteiger partial charge < -0.3 is 9.64 Å². The molecule has 1 rings (SSSR count). The molecule has 0 aromatic heterocycles. The Kier molecular flexibility index (Phi) is 5.56. The average Bonchev–Trinajstić information content (AvgIpc) is 2.25. The van der Waals surface area contributed by atoms with E-state index in [2.05, 4.69) is 4.90 Å². The Morgan fingerprint density at radius 3 is 2.57 bits per heavy atom. The second-order valence-corrected chi connectivity index (χ2v) is 3.53. The van der Waals surface area contributed by atoms with Crippen molar-refractivity contribution >= 4 is 6.41 Å². The molecule has 0 N–H and O–H groups in total. The summed E-state index contributed by atoms with van der Waals surface area (Å²) < 4.78 is 5.27. The van der Waals surface area contributed by atoms with E-state index in [1.807, 2.05) is 11.8 Å². The molecule has 0 unspecified atom stereocenters. The molecular weight excluding hydrogens is 180 g/mol. The van der Waals surface area contributed by atoms with Gasteiger partial charge in [0.2, 0.25) is 6.41 Å². The van der Waals surface area contributed by atoms with Crippen molar-refractivity contribution < 1.29 is 9.53 Å². The number of rotatable bonds is 6. The van der Waals surface area contributed by atoms with Crippen LogP contribution in [0.25, 0.3) is 0 Å². The Morgan fingerprint density at radius 1 is 1.29 bits per heavy atom. The zero-order valence-corrected chi connectivity index (χ0v) is 8.95. The van der Waals surface area contributed by atoms with Crippen LogP contribution in [0.1, 0.15) is 13.3 Å². The third kappa shape index (κ3) is 4.07. The maximum Gasteiger partial charge on any atom is 0.209 e. The Balaban J connectivity index is 2.01. The SMILES string of the molecule is CCOCCCN1CCN(C=O)CC1. The minimum absolute atomic E-state index is 0.804. The number of carbonyl (C=O) groups excluding carboxylic acids is 1. The second kappa shape index (κ2) is 6.79. The predicted molar refractivity (Wildman–Crippen MR) is 55.2 cm³/mol. The lowest BCUT2D eigenvalue weighted by Gasteiger charge is -2.32. The lowest BCUT2D eigenvalue weighted by Crippen LogP contribution is -2.45. The zero-order chi connectivity index (χ0) is 10.2. The molecule has 0 aromatic rings. The molecule has 0 spiro atoms. The van der Waals surface area contributed by atoms with Crippen LogP contribution in [0.2, 0.25) is 0 Å². The summed E-state index contributed by atoms with van der Waals surface area (Å²) in [5, 5.41) is 0. The predicted octanol–water partition coefficient (Wildman–Crippen LogP) is 0.187. The van der Waals surface area contributed by atoms with Crippen LogP contribution in [0.4, 0.5) is 0 Å². The maximum absolute atomic E-state index is 10.5. The van der Waals surface area contributed by atoms with Gasteiger partial charge in [0.1, 0.15) is 0 Å². The van der Waals surface area contributed by atoms with E-state index >= 15 is 0 Å². The van der Waals surface area contributed by atoms with E-state index < -0.39 is 0 Å². The van der Waals surface area contributed by atoms with Crippen LogP contribution in [0.5, 0.6) is 0 Å². The number of piperazine rings is 1. The Hall–Kier alpha value is -0.610. The van der Waals surface area contributed by atoms with E-state index in [-0.39, 0.29) is 0 Å². The van der Waals surface area contributed by atoms with E-state index in [9.17, 15) is 4.79 Å². The molecule has 0 aromatic carbocycles. The van der Waals surface area contributed by atoms with Crippen LogP contribution in [-0.4, -0.2) is 62.1 Å². The standard InChI is InChI=1S/C10H20N2O2/c1-2-14-9-3-4-11-5-7-12(10-13)8-6-11/h10H,2-9H2,1H3. The third-order valence-electron chi connectivity index (χ3n) is 2.52. The molecule has 4 nitrogen and oxygen atoms in total. The lowest BCUT2D eigenvalue weighted by atomic mass is 10.3. The van der Waals surface area contributed by atoms with Crippen molar-refractivity contribution in [2.75, 3.05) is 45.9 Å². The summed E-state index contributed by atoms with van der Waals surface area (Å²) in [6, 6.07) is 0. The second-order valence-electron chi connectivity index (χ2n) is 3.53. The van der Waals surface area contributed by atoms with Gasteiger partial charge in [-0.1, -0.05) is 0 Å². The van der Waals surface area contributed by atoms with Crippen LogP contribution in [-0.2, 0) is 9.53 Å². The normalized spacial score (nSPS) is 18.5. The quantitative estimate of drug-likeness (QED) is 0.453. The largest absolute Gasteiger partial charge is 0.382 e. The van der Waals surface area contributed by atoms with Crippen molar-refractivity contribution in [1.82, 2.24) is 9.80 Å². The minimum Gasteiger partial charge on any atom is -0.382 e. The van der Waals surface area contributed by atoms with Crippen molar-refractivity contribution in [3.8, 4) is 0 Å². The number of ether oxygens (including phenoxy) is 1. The summed E-state index contributed by atoms with van der Waals surface area (Å²) in [5.41, 5.74) is 0. The highest BCUT2D eigenvalue weighted by molar-refractivity contribution is 5.47. The van der Waals surface area contributed by atoms with Gasteiger partial charge in [0.25, 0.3) is 0 Å². The Morgan fingerprint density at radius 2 is 2.00 bits per heavy atom. The van der Waals surface area contributed by atoms with Gasteiger partial charge in [-0.3, -0.25) is 9.69 Å². The van der Waals surface area contributed by atoms with Gasteiger partial charge in [-0.2, -0.15) is 0 Å². The highest BCUT2D eigenvalue weighted by Gasteiger charge is 2.14. The van der Waals surface area contributed by atoms with Gasteiger partial charge in [-0.05, 0) is 13.3 Å². The Bertz CT molecular complexity index is 156. The zero-order valence-electron chi connectivity index (χ0n) is 8.95. The summed E-state index contributed by atoms with van der Waals surface area (Å²) >= 11 is 0. The number of hydrogen-bond donors (Lipinski definition) is 0. The molecule has 0 atom stereocenters. The molecule has 1 heterocycles. The molecule has 1 saturated heterocycles. The van der Waals surface area contributed by atoms with Crippen molar-refractivity contribution in [3.63, 3.8) is 0 Å². The number of hydrogen-bond acceptors (Lipinski definition) is 3. The molecule has 0 radical (unpaired) electrons. The van der Waals surface area contributed by atoms with Gasteiger partial charge in [0.05, 0.1) is 0 Å². The van der Waals surface area contributed by atoms with E-state index in [4.69, 9.17) is 4.74 Å². The van der Waals surface area contributed by atoms with Crippen LogP contribution in [0, 0.1) is 0 Å². The molecule has 1 aliphatic rings. The van der Waals surface area contributed by atoms with E-state index in [1.165, 1.54) is 0 Å². The van der Waals surface area contributed by atoms with E-state index in [0.29, 0.717) is 0 Å². The number of amides is 1. The molecule has 0 saturated carbocycles. The van der Waals surface area contributed by atoms with E-state index in [0.717, 1.165) is 58.8 Å². The monoisotopic (exact) mass is 200 g/mol. The summed E-state index contributed by atoms with van der Waals surface area (Å²) in [7, 11) is 0. The molecule has 1 amide bonds. The fourth-order valence-corrected chi connectivity index (χ4v) is 1.63. The molecule has 4 heteroatoms. The van der Waals surface area contributed by atoms with Gasteiger partial charge in [-0.25, -0.2) is 0 Å². The number of carbonyl (C=O) groups is 1.